The minimum absolute atomic E-state index is 0.0636. The van der Waals surface area contributed by atoms with E-state index in [1.165, 1.54) is 0 Å². The summed E-state index contributed by atoms with van der Waals surface area (Å²) in [6.07, 6.45) is 0.724. The van der Waals surface area contributed by atoms with Gasteiger partial charge in [-0.3, -0.25) is 9.59 Å². The van der Waals surface area contributed by atoms with Crippen LogP contribution in [0.5, 0.6) is 0 Å². The summed E-state index contributed by atoms with van der Waals surface area (Å²) < 4.78 is 0. The van der Waals surface area contributed by atoms with Crippen LogP contribution in [-0.4, -0.2) is 29.8 Å². The van der Waals surface area contributed by atoms with Crippen molar-refractivity contribution in [2.45, 2.75) is 32.4 Å². The maximum atomic E-state index is 13.4. The molecule has 3 aromatic rings. The summed E-state index contributed by atoms with van der Waals surface area (Å²) in [6, 6.07) is 27.0. The number of rotatable bonds is 8. The third-order valence-corrected chi connectivity index (χ3v) is 5.19. The molecule has 1 N–H and O–H groups in total. The Morgan fingerprint density at radius 1 is 0.800 bits per heavy atom. The lowest BCUT2D eigenvalue weighted by Gasteiger charge is -2.31. The van der Waals surface area contributed by atoms with Gasteiger partial charge in [0.1, 0.15) is 6.04 Å². The molecule has 0 spiro atoms. The fraction of sp³-hybridized carbons (Fsp3) is 0.231. The summed E-state index contributed by atoms with van der Waals surface area (Å²) in [5.74, 6) is -0.223. The van der Waals surface area contributed by atoms with Crippen LogP contribution in [0.3, 0.4) is 0 Å². The minimum Gasteiger partial charge on any atom is -0.357 e. The zero-order chi connectivity index (χ0) is 21.3. The molecule has 4 heteroatoms. The normalized spacial score (nSPS) is 11.5. The van der Waals surface area contributed by atoms with E-state index >= 15 is 0 Å². The molecular formula is C26H28N2O2. The third-order valence-electron chi connectivity index (χ3n) is 5.19. The van der Waals surface area contributed by atoms with Crippen LogP contribution in [0.15, 0.2) is 84.9 Å². The lowest BCUT2D eigenvalue weighted by Crippen LogP contribution is -2.50. The summed E-state index contributed by atoms with van der Waals surface area (Å²) in [6.45, 7) is 2.42. The summed E-state index contributed by atoms with van der Waals surface area (Å²) in [7, 11) is 1.62. The second kappa shape index (κ2) is 10.4. The minimum atomic E-state index is -0.588. The van der Waals surface area contributed by atoms with Crippen LogP contribution in [0.4, 0.5) is 0 Å². The summed E-state index contributed by atoms with van der Waals surface area (Å²) in [5.41, 5.74) is 4.12. The highest BCUT2D eigenvalue weighted by atomic mass is 16.2. The Balaban J connectivity index is 1.92. The zero-order valence-electron chi connectivity index (χ0n) is 17.5. The number of likely N-dealkylation sites (N-methyl/N-ethyl adjacent to an activating group) is 1. The van der Waals surface area contributed by atoms with Gasteiger partial charge >= 0.3 is 0 Å². The molecule has 30 heavy (non-hydrogen) atoms. The quantitative estimate of drug-likeness (QED) is 0.623. The van der Waals surface area contributed by atoms with E-state index in [4.69, 9.17) is 0 Å². The fourth-order valence-corrected chi connectivity index (χ4v) is 3.48. The average Bonchev–Trinajstić information content (AvgIpc) is 2.78. The van der Waals surface area contributed by atoms with Crippen molar-refractivity contribution < 1.29 is 9.59 Å². The topological polar surface area (TPSA) is 49.4 Å². The molecule has 3 rings (SSSR count). The van der Waals surface area contributed by atoms with E-state index in [1.54, 1.807) is 11.9 Å². The van der Waals surface area contributed by atoms with Crippen LogP contribution in [0.25, 0.3) is 0 Å². The molecule has 0 aromatic heterocycles. The standard InChI is InChI=1S/C26H28N2O2/c1-20-13-15-23(16-14-20)19-28(25(29)18-22-11-7-4-8-12-22)24(26(30)27-2)17-21-9-5-3-6-10-21/h3-16,24H,17-19H2,1-2H3,(H,27,30)/t24-/m1/s1. The molecule has 0 fully saturated rings. The van der Waals surface area contributed by atoms with Gasteiger partial charge in [0.2, 0.25) is 11.8 Å². The molecule has 0 aliphatic rings. The molecule has 3 aromatic carbocycles. The second-order valence-corrected chi connectivity index (χ2v) is 7.49. The molecule has 0 aliphatic heterocycles. The smallest absolute Gasteiger partial charge is 0.242 e. The Morgan fingerprint density at radius 3 is 1.93 bits per heavy atom. The lowest BCUT2D eigenvalue weighted by molar-refractivity contribution is -0.140. The molecule has 0 bridgehead atoms. The molecule has 1 atom stereocenters. The second-order valence-electron chi connectivity index (χ2n) is 7.49. The molecule has 4 nitrogen and oxygen atoms in total. The van der Waals surface area contributed by atoms with Crippen LogP contribution in [-0.2, 0) is 29.0 Å². The van der Waals surface area contributed by atoms with Gasteiger partial charge in [-0.2, -0.15) is 0 Å². The van der Waals surface area contributed by atoms with E-state index in [2.05, 4.69) is 5.32 Å². The van der Waals surface area contributed by atoms with E-state index < -0.39 is 6.04 Å². The Morgan fingerprint density at radius 2 is 1.37 bits per heavy atom. The molecule has 0 aliphatic carbocycles. The maximum Gasteiger partial charge on any atom is 0.242 e. The zero-order valence-corrected chi connectivity index (χ0v) is 17.5. The Labute approximate surface area is 178 Å². The predicted octanol–water partition coefficient (Wildman–Crippen LogP) is 3.92. The first kappa shape index (κ1) is 21.3. The monoisotopic (exact) mass is 400 g/mol. The number of carbonyl (C=O) groups is 2. The van der Waals surface area contributed by atoms with E-state index in [0.29, 0.717) is 13.0 Å². The van der Waals surface area contributed by atoms with Crippen LogP contribution >= 0.6 is 0 Å². The highest BCUT2D eigenvalue weighted by Gasteiger charge is 2.29. The number of hydrogen-bond donors (Lipinski definition) is 1. The fourth-order valence-electron chi connectivity index (χ4n) is 3.48. The van der Waals surface area contributed by atoms with Crippen LogP contribution < -0.4 is 5.32 Å². The van der Waals surface area contributed by atoms with Gasteiger partial charge in [-0.15, -0.1) is 0 Å². The van der Waals surface area contributed by atoms with Gasteiger partial charge in [-0.1, -0.05) is 90.5 Å². The number of benzene rings is 3. The molecule has 0 heterocycles. The summed E-state index contributed by atoms with van der Waals surface area (Å²) >= 11 is 0. The largest absolute Gasteiger partial charge is 0.357 e. The number of aryl methyl sites for hydroxylation is 1. The molecular weight excluding hydrogens is 372 g/mol. The molecule has 0 radical (unpaired) electrons. The average molecular weight is 401 g/mol. The van der Waals surface area contributed by atoms with Crippen molar-refractivity contribution in [1.82, 2.24) is 10.2 Å². The molecule has 0 saturated carbocycles. The highest BCUT2D eigenvalue weighted by molar-refractivity contribution is 5.88. The Hall–Kier alpha value is -3.40. The van der Waals surface area contributed by atoms with E-state index in [1.807, 2.05) is 91.9 Å². The van der Waals surface area contributed by atoms with Gasteiger partial charge in [0.25, 0.3) is 0 Å². The van der Waals surface area contributed by atoms with E-state index in [-0.39, 0.29) is 18.2 Å². The first-order valence-electron chi connectivity index (χ1n) is 10.2. The van der Waals surface area contributed by atoms with Crippen molar-refractivity contribution in [3.8, 4) is 0 Å². The van der Waals surface area contributed by atoms with Crippen LogP contribution in [0.2, 0.25) is 0 Å². The van der Waals surface area contributed by atoms with Crippen molar-refractivity contribution in [3.05, 3.63) is 107 Å². The molecule has 0 unspecified atom stereocenters. The third kappa shape index (κ3) is 5.80. The van der Waals surface area contributed by atoms with Crippen molar-refractivity contribution in [1.29, 1.82) is 0 Å². The van der Waals surface area contributed by atoms with Gasteiger partial charge in [-0.05, 0) is 23.6 Å². The predicted molar refractivity (Wildman–Crippen MR) is 120 cm³/mol. The number of nitrogens with one attached hydrogen (secondary N) is 1. The van der Waals surface area contributed by atoms with Crippen molar-refractivity contribution >= 4 is 11.8 Å². The molecule has 0 saturated heterocycles. The highest BCUT2D eigenvalue weighted by Crippen LogP contribution is 2.17. The van der Waals surface area contributed by atoms with Gasteiger partial charge in [-0.25, -0.2) is 0 Å². The van der Waals surface area contributed by atoms with Gasteiger partial charge in [0, 0.05) is 20.0 Å². The van der Waals surface area contributed by atoms with Gasteiger partial charge in [0.05, 0.1) is 6.42 Å². The first-order chi connectivity index (χ1) is 14.6. The van der Waals surface area contributed by atoms with Gasteiger partial charge in [0.15, 0.2) is 0 Å². The Bertz CT molecular complexity index is 953. The van der Waals surface area contributed by atoms with E-state index in [9.17, 15) is 9.59 Å². The first-order valence-corrected chi connectivity index (χ1v) is 10.2. The number of amides is 2. The van der Waals surface area contributed by atoms with E-state index in [0.717, 1.165) is 22.3 Å². The van der Waals surface area contributed by atoms with Crippen molar-refractivity contribution in [3.63, 3.8) is 0 Å². The SMILES string of the molecule is CNC(=O)[C@@H](Cc1ccccc1)N(Cc1ccc(C)cc1)C(=O)Cc1ccccc1. The number of carbonyl (C=O) groups excluding carboxylic acids is 2. The maximum absolute atomic E-state index is 13.4. The van der Waals surface area contributed by atoms with Gasteiger partial charge < -0.3 is 10.2 Å². The number of hydrogen-bond acceptors (Lipinski definition) is 2. The van der Waals surface area contributed by atoms with Crippen molar-refractivity contribution in [2.24, 2.45) is 0 Å². The molecule has 2 amide bonds. The van der Waals surface area contributed by atoms with Crippen LogP contribution in [0, 0.1) is 6.92 Å². The summed E-state index contributed by atoms with van der Waals surface area (Å²) in [4.78, 5) is 27.9. The number of nitrogens with zero attached hydrogens (tertiary/aromatic N) is 1. The summed E-state index contributed by atoms with van der Waals surface area (Å²) in [5, 5.41) is 2.75. The lowest BCUT2D eigenvalue weighted by atomic mass is 10.0. The van der Waals surface area contributed by atoms with Crippen LogP contribution in [0.1, 0.15) is 22.3 Å². The Kier molecular flexibility index (Phi) is 7.39. The van der Waals surface area contributed by atoms with Crippen molar-refractivity contribution in [2.75, 3.05) is 7.05 Å². The molecule has 154 valence electrons.